The van der Waals surface area contributed by atoms with Gasteiger partial charge in [-0.25, -0.2) is 17.2 Å². The number of nitrogens with zero attached hydrogens (tertiary/aromatic N) is 1. The topological polar surface area (TPSA) is 63.7 Å². The van der Waals surface area contributed by atoms with Crippen LogP contribution < -0.4 is 0 Å². The Labute approximate surface area is 121 Å². The SMILES string of the molecule is COC(=O)C1CN(S(=O)(=O)c2ccc(F)c(F)c2)CC1C. The standard InChI is InChI=1S/C13H15F2NO4S/c1-8-6-16(7-10(8)13(17)20-2)21(18,19)9-3-4-11(14)12(15)5-9/h3-5,8,10H,6-7H2,1-2H3. The highest BCUT2D eigenvalue weighted by Gasteiger charge is 2.41. The number of ether oxygens (including phenoxy) is 1. The summed E-state index contributed by atoms with van der Waals surface area (Å²) in [5.41, 5.74) is 0. The molecule has 0 amide bonds. The van der Waals surface area contributed by atoms with Crippen LogP contribution in [0.5, 0.6) is 0 Å². The van der Waals surface area contributed by atoms with E-state index in [2.05, 4.69) is 4.74 Å². The van der Waals surface area contributed by atoms with E-state index in [0.717, 1.165) is 16.4 Å². The van der Waals surface area contributed by atoms with Crippen LogP contribution >= 0.6 is 0 Å². The highest BCUT2D eigenvalue weighted by molar-refractivity contribution is 7.89. The number of carbonyl (C=O) groups is 1. The van der Waals surface area contributed by atoms with Gasteiger partial charge in [-0.3, -0.25) is 4.79 Å². The summed E-state index contributed by atoms with van der Waals surface area (Å²) < 4.78 is 56.6. The molecule has 0 bridgehead atoms. The van der Waals surface area contributed by atoms with E-state index in [1.165, 1.54) is 7.11 Å². The molecule has 8 heteroatoms. The van der Waals surface area contributed by atoms with E-state index in [1.807, 2.05) is 0 Å². The van der Waals surface area contributed by atoms with Gasteiger partial charge in [0.2, 0.25) is 10.0 Å². The zero-order valence-corrected chi connectivity index (χ0v) is 12.4. The smallest absolute Gasteiger partial charge is 0.310 e. The Kier molecular flexibility index (Phi) is 4.29. The molecule has 0 aliphatic carbocycles. The molecule has 1 heterocycles. The third kappa shape index (κ3) is 2.91. The van der Waals surface area contributed by atoms with Gasteiger partial charge in [0.1, 0.15) is 0 Å². The zero-order chi connectivity index (χ0) is 15.8. The van der Waals surface area contributed by atoms with Crippen LogP contribution in [0.2, 0.25) is 0 Å². The normalized spacial score (nSPS) is 23.2. The van der Waals surface area contributed by atoms with Crippen LogP contribution in [0.25, 0.3) is 0 Å². The van der Waals surface area contributed by atoms with Crippen molar-refractivity contribution in [2.75, 3.05) is 20.2 Å². The van der Waals surface area contributed by atoms with Crippen molar-refractivity contribution in [3.05, 3.63) is 29.8 Å². The second kappa shape index (κ2) is 5.69. The summed E-state index contributed by atoms with van der Waals surface area (Å²) in [7, 11) is -2.73. The molecule has 1 aromatic carbocycles. The lowest BCUT2D eigenvalue weighted by atomic mass is 9.99. The lowest BCUT2D eigenvalue weighted by Gasteiger charge is -2.16. The van der Waals surface area contributed by atoms with E-state index in [9.17, 15) is 22.0 Å². The van der Waals surface area contributed by atoms with Crippen molar-refractivity contribution in [3.8, 4) is 0 Å². The molecule has 2 unspecified atom stereocenters. The fraction of sp³-hybridized carbons (Fsp3) is 0.462. The second-order valence-electron chi connectivity index (χ2n) is 5.00. The Morgan fingerprint density at radius 3 is 2.52 bits per heavy atom. The van der Waals surface area contributed by atoms with Gasteiger partial charge in [0.15, 0.2) is 11.6 Å². The Morgan fingerprint density at radius 2 is 1.95 bits per heavy atom. The summed E-state index contributed by atoms with van der Waals surface area (Å²) in [6, 6.07) is 2.41. The van der Waals surface area contributed by atoms with E-state index >= 15 is 0 Å². The first-order valence-corrected chi connectivity index (χ1v) is 7.74. The minimum atomic E-state index is -3.97. The molecule has 1 aromatic rings. The van der Waals surface area contributed by atoms with Crippen LogP contribution in [0, 0.1) is 23.5 Å². The summed E-state index contributed by atoms with van der Waals surface area (Å²) in [5, 5.41) is 0. The first-order chi connectivity index (χ1) is 9.77. The van der Waals surface area contributed by atoms with E-state index < -0.39 is 33.5 Å². The number of halogens is 2. The number of esters is 1. The molecule has 1 aliphatic heterocycles. The minimum Gasteiger partial charge on any atom is -0.469 e. The monoisotopic (exact) mass is 319 g/mol. The maximum Gasteiger partial charge on any atom is 0.310 e. The van der Waals surface area contributed by atoms with Gasteiger partial charge in [0.25, 0.3) is 0 Å². The van der Waals surface area contributed by atoms with Crippen molar-refractivity contribution in [1.29, 1.82) is 0 Å². The molecule has 2 rings (SSSR count). The fourth-order valence-corrected chi connectivity index (χ4v) is 3.94. The number of carbonyl (C=O) groups excluding carboxylic acids is 1. The lowest BCUT2D eigenvalue weighted by Crippen LogP contribution is -2.30. The van der Waals surface area contributed by atoms with Gasteiger partial charge in [0.05, 0.1) is 17.9 Å². The van der Waals surface area contributed by atoms with Crippen LogP contribution in [0.3, 0.4) is 0 Å². The maximum absolute atomic E-state index is 13.2. The highest BCUT2D eigenvalue weighted by Crippen LogP contribution is 2.29. The molecule has 0 saturated carbocycles. The number of sulfonamides is 1. The number of rotatable bonds is 3. The van der Waals surface area contributed by atoms with E-state index in [4.69, 9.17) is 0 Å². The summed E-state index contributed by atoms with van der Waals surface area (Å²) in [4.78, 5) is 11.2. The number of hydrogen-bond donors (Lipinski definition) is 0. The molecule has 2 atom stereocenters. The fourth-order valence-electron chi connectivity index (χ4n) is 2.36. The minimum absolute atomic E-state index is 0.0326. The van der Waals surface area contributed by atoms with Gasteiger partial charge in [-0.1, -0.05) is 6.92 Å². The quantitative estimate of drug-likeness (QED) is 0.790. The molecule has 0 radical (unpaired) electrons. The Bertz CT molecular complexity index is 662. The van der Waals surface area contributed by atoms with Gasteiger partial charge in [0, 0.05) is 13.1 Å². The first-order valence-electron chi connectivity index (χ1n) is 6.30. The van der Waals surface area contributed by atoms with Crippen molar-refractivity contribution in [1.82, 2.24) is 4.31 Å². The lowest BCUT2D eigenvalue weighted by molar-refractivity contribution is -0.145. The summed E-state index contributed by atoms with van der Waals surface area (Å²) >= 11 is 0. The van der Waals surface area contributed by atoms with Crippen molar-refractivity contribution < 1.29 is 26.7 Å². The Balaban J connectivity index is 2.29. The highest BCUT2D eigenvalue weighted by atomic mass is 32.2. The number of methoxy groups -OCH3 is 1. The van der Waals surface area contributed by atoms with Crippen LogP contribution in [-0.4, -0.2) is 38.9 Å². The summed E-state index contributed by atoms with van der Waals surface area (Å²) in [6.07, 6.45) is 0. The molecule has 1 aliphatic rings. The zero-order valence-electron chi connectivity index (χ0n) is 11.5. The Morgan fingerprint density at radius 1 is 1.29 bits per heavy atom. The van der Waals surface area contributed by atoms with E-state index in [0.29, 0.717) is 6.07 Å². The molecule has 1 fully saturated rings. The van der Waals surface area contributed by atoms with Gasteiger partial charge in [-0.2, -0.15) is 4.31 Å². The van der Waals surface area contributed by atoms with Crippen molar-refractivity contribution in [2.45, 2.75) is 11.8 Å². The predicted octanol–water partition coefficient (Wildman–Crippen LogP) is 1.39. The van der Waals surface area contributed by atoms with Gasteiger partial charge >= 0.3 is 5.97 Å². The van der Waals surface area contributed by atoms with Crippen molar-refractivity contribution >= 4 is 16.0 Å². The first kappa shape index (κ1) is 15.8. The van der Waals surface area contributed by atoms with E-state index in [1.54, 1.807) is 6.92 Å². The maximum atomic E-state index is 13.2. The van der Waals surface area contributed by atoms with Crippen LogP contribution in [-0.2, 0) is 19.6 Å². The molecule has 21 heavy (non-hydrogen) atoms. The predicted molar refractivity (Wildman–Crippen MR) is 69.8 cm³/mol. The van der Waals surface area contributed by atoms with Gasteiger partial charge < -0.3 is 4.74 Å². The third-order valence-corrected chi connectivity index (χ3v) is 5.44. The Hall–Kier alpha value is -1.54. The molecule has 1 saturated heterocycles. The molecule has 116 valence electrons. The number of hydrogen-bond acceptors (Lipinski definition) is 4. The van der Waals surface area contributed by atoms with Crippen molar-refractivity contribution in [3.63, 3.8) is 0 Å². The second-order valence-corrected chi connectivity index (χ2v) is 6.94. The summed E-state index contributed by atoms with van der Waals surface area (Å²) in [6.45, 7) is 1.83. The van der Waals surface area contributed by atoms with Crippen LogP contribution in [0.4, 0.5) is 8.78 Å². The third-order valence-electron chi connectivity index (χ3n) is 3.61. The molecule has 5 nitrogen and oxygen atoms in total. The summed E-state index contributed by atoms with van der Waals surface area (Å²) in [5.74, 6) is -3.60. The molecule has 0 spiro atoms. The average molecular weight is 319 g/mol. The number of benzene rings is 1. The van der Waals surface area contributed by atoms with Gasteiger partial charge in [-0.15, -0.1) is 0 Å². The largest absolute Gasteiger partial charge is 0.469 e. The van der Waals surface area contributed by atoms with Crippen molar-refractivity contribution in [2.24, 2.45) is 11.8 Å². The van der Waals surface area contributed by atoms with E-state index in [-0.39, 0.29) is 23.9 Å². The average Bonchev–Trinajstić information content (AvgIpc) is 2.83. The molecular weight excluding hydrogens is 304 g/mol. The van der Waals surface area contributed by atoms with Crippen LogP contribution in [0.15, 0.2) is 23.1 Å². The van der Waals surface area contributed by atoms with Crippen LogP contribution in [0.1, 0.15) is 6.92 Å². The molecule has 0 aromatic heterocycles. The van der Waals surface area contributed by atoms with Gasteiger partial charge in [-0.05, 0) is 24.1 Å². The molecular formula is C13H15F2NO4S. The molecule has 0 N–H and O–H groups in total.